The molecule has 0 heterocycles. The first-order valence-electron chi connectivity index (χ1n) is 6.21. The van der Waals surface area contributed by atoms with E-state index in [1.165, 1.54) is 24.3 Å². The molecule has 0 saturated heterocycles. The molecule has 1 aliphatic rings. The first kappa shape index (κ1) is 13.0. The lowest BCUT2D eigenvalue weighted by Gasteiger charge is -2.11. The summed E-state index contributed by atoms with van der Waals surface area (Å²) in [5, 5.41) is 19.8. The Bertz CT molecular complexity index is 812. The van der Waals surface area contributed by atoms with Crippen molar-refractivity contribution in [3.8, 4) is 11.5 Å². The molecule has 0 saturated carbocycles. The number of nitrogens with two attached hydrogens (primary N) is 2. The Kier molecular flexibility index (Phi) is 2.62. The summed E-state index contributed by atoms with van der Waals surface area (Å²) in [6, 6.07) is 5.32. The molecule has 0 radical (unpaired) electrons. The van der Waals surface area contributed by atoms with Crippen LogP contribution < -0.4 is 11.5 Å². The first-order valence-corrected chi connectivity index (χ1v) is 6.21. The van der Waals surface area contributed by atoms with Gasteiger partial charge in [0.25, 0.3) is 0 Å². The van der Waals surface area contributed by atoms with Crippen LogP contribution in [0, 0.1) is 0 Å². The Balaban J connectivity index is 2.42. The fourth-order valence-corrected chi connectivity index (χ4v) is 2.60. The van der Waals surface area contributed by atoms with Crippen molar-refractivity contribution in [3.63, 3.8) is 0 Å². The molecule has 0 bridgehead atoms. The number of fused-ring (bicyclic) bond motifs is 2. The third kappa shape index (κ3) is 1.73. The van der Waals surface area contributed by atoms with Crippen molar-refractivity contribution in [2.75, 3.05) is 11.5 Å². The minimum absolute atomic E-state index is 0.0422. The third-order valence-corrected chi connectivity index (χ3v) is 3.61. The molecule has 6 nitrogen and oxygen atoms in total. The average molecular weight is 284 g/mol. The summed E-state index contributed by atoms with van der Waals surface area (Å²) in [7, 11) is 0. The van der Waals surface area contributed by atoms with Crippen molar-refractivity contribution in [3.05, 3.63) is 46.5 Å². The van der Waals surface area contributed by atoms with Crippen molar-refractivity contribution in [2.24, 2.45) is 0 Å². The number of ketones is 2. The molecule has 106 valence electrons. The van der Waals surface area contributed by atoms with Crippen LogP contribution >= 0.6 is 0 Å². The number of anilines is 2. The third-order valence-electron chi connectivity index (χ3n) is 3.61. The number of carbonyl (C=O) groups excluding carboxylic acids is 2. The fraction of sp³-hybridized carbons (Fsp3) is 0.0667. The smallest absolute Gasteiger partial charge is 0.200 e. The molecule has 0 spiro atoms. The monoisotopic (exact) mass is 284 g/mol. The highest BCUT2D eigenvalue weighted by Crippen LogP contribution is 2.38. The van der Waals surface area contributed by atoms with Crippen LogP contribution in [-0.4, -0.2) is 21.8 Å². The summed E-state index contributed by atoms with van der Waals surface area (Å²) in [4.78, 5) is 25.0. The Morgan fingerprint density at radius 3 is 2.05 bits per heavy atom. The lowest BCUT2D eigenvalue weighted by molar-refractivity contribution is 0.0982. The zero-order valence-corrected chi connectivity index (χ0v) is 10.9. The van der Waals surface area contributed by atoms with Crippen molar-refractivity contribution in [1.29, 1.82) is 0 Å². The number of hydrogen-bond acceptors (Lipinski definition) is 6. The van der Waals surface area contributed by atoms with Gasteiger partial charge in [-0.3, -0.25) is 9.59 Å². The number of rotatable bonds is 0. The number of Topliss-reactive ketones (excluding diaryl/α,β-unsaturated/α-hetero) is 1. The van der Waals surface area contributed by atoms with E-state index in [9.17, 15) is 19.8 Å². The molecule has 1 aliphatic carbocycles. The van der Waals surface area contributed by atoms with E-state index in [-0.39, 0.29) is 51.5 Å². The van der Waals surface area contributed by atoms with Gasteiger partial charge in [0, 0.05) is 17.8 Å². The zero-order chi connectivity index (χ0) is 15.3. The minimum atomic E-state index is -0.621. The summed E-state index contributed by atoms with van der Waals surface area (Å²) >= 11 is 0. The van der Waals surface area contributed by atoms with Crippen LogP contribution in [0.25, 0.3) is 0 Å². The van der Waals surface area contributed by atoms with E-state index >= 15 is 0 Å². The summed E-state index contributed by atoms with van der Waals surface area (Å²) < 4.78 is 0. The maximum atomic E-state index is 12.7. The van der Waals surface area contributed by atoms with E-state index < -0.39 is 11.6 Å². The predicted octanol–water partition coefficient (Wildman–Crippen LogP) is 1.23. The molecule has 0 amide bonds. The van der Waals surface area contributed by atoms with Gasteiger partial charge in [-0.15, -0.1) is 0 Å². The lowest BCUT2D eigenvalue weighted by Crippen LogP contribution is -2.10. The molecule has 0 aromatic heterocycles. The van der Waals surface area contributed by atoms with E-state index in [0.717, 1.165) is 0 Å². The van der Waals surface area contributed by atoms with E-state index in [1.807, 2.05) is 0 Å². The number of hydrogen-bond donors (Lipinski definition) is 4. The highest BCUT2D eigenvalue weighted by atomic mass is 16.3. The highest BCUT2D eigenvalue weighted by molar-refractivity contribution is 6.24. The van der Waals surface area contributed by atoms with Crippen molar-refractivity contribution in [2.45, 2.75) is 6.42 Å². The Morgan fingerprint density at radius 1 is 0.810 bits per heavy atom. The number of nitrogen functional groups attached to an aromatic ring is 2. The molecule has 0 atom stereocenters. The van der Waals surface area contributed by atoms with Gasteiger partial charge in [-0.1, -0.05) is 0 Å². The van der Waals surface area contributed by atoms with Crippen LogP contribution in [0.4, 0.5) is 11.4 Å². The Hall–Kier alpha value is -3.02. The number of phenolic OH excluding ortho intramolecular Hbond substituents is 2. The summed E-state index contributed by atoms with van der Waals surface area (Å²) in [6.07, 6.45) is -0.189. The molecule has 0 unspecified atom stereocenters. The molecule has 2 aromatic rings. The minimum Gasteiger partial charge on any atom is -0.507 e. The van der Waals surface area contributed by atoms with Crippen LogP contribution in [0.5, 0.6) is 11.5 Å². The Labute approximate surface area is 119 Å². The quantitative estimate of drug-likeness (QED) is 0.425. The van der Waals surface area contributed by atoms with E-state index in [0.29, 0.717) is 0 Å². The summed E-state index contributed by atoms with van der Waals surface area (Å²) in [5.74, 6) is -1.68. The van der Waals surface area contributed by atoms with Gasteiger partial charge in [0.1, 0.15) is 11.5 Å². The van der Waals surface area contributed by atoms with Gasteiger partial charge in [-0.25, -0.2) is 0 Å². The largest absolute Gasteiger partial charge is 0.507 e. The Morgan fingerprint density at radius 2 is 1.38 bits per heavy atom. The molecule has 6 N–H and O–H groups in total. The predicted molar refractivity (Wildman–Crippen MR) is 76.5 cm³/mol. The molecule has 6 heteroatoms. The normalized spacial score (nSPS) is 13.5. The first-order chi connectivity index (χ1) is 9.91. The maximum absolute atomic E-state index is 12.7. The zero-order valence-electron chi connectivity index (χ0n) is 10.9. The molecular formula is C15H12N2O4. The van der Waals surface area contributed by atoms with E-state index in [1.54, 1.807) is 0 Å². The van der Waals surface area contributed by atoms with Gasteiger partial charge < -0.3 is 21.7 Å². The molecule has 2 aromatic carbocycles. The van der Waals surface area contributed by atoms with E-state index in [2.05, 4.69) is 0 Å². The van der Waals surface area contributed by atoms with Gasteiger partial charge in [0.2, 0.25) is 0 Å². The van der Waals surface area contributed by atoms with Gasteiger partial charge in [0.05, 0.1) is 16.7 Å². The summed E-state index contributed by atoms with van der Waals surface area (Å²) in [5.41, 5.74) is 11.9. The molecule has 0 fully saturated rings. The fourth-order valence-electron chi connectivity index (χ4n) is 2.60. The van der Waals surface area contributed by atoms with Gasteiger partial charge in [-0.2, -0.15) is 0 Å². The lowest BCUT2D eigenvalue weighted by atomic mass is 9.95. The van der Waals surface area contributed by atoms with Gasteiger partial charge in [0.15, 0.2) is 11.6 Å². The number of phenols is 2. The van der Waals surface area contributed by atoms with Crippen LogP contribution in [0.1, 0.15) is 31.8 Å². The van der Waals surface area contributed by atoms with Gasteiger partial charge >= 0.3 is 0 Å². The number of carbonyl (C=O) groups is 2. The number of benzene rings is 2. The van der Waals surface area contributed by atoms with Crippen LogP contribution in [0.3, 0.4) is 0 Å². The standard InChI is InChI=1S/C15H12N2O4/c16-7-1-3-9(18)12-6(7)5-11(20)14-10(19)4-2-8(17)13(14)15(12)21/h1-4,18-19H,5,16-17H2. The molecular weight excluding hydrogens is 272 g/mol. The van der Waals surface area contributed by atoms with Crippen LogP contribution in [0.15, 0.2) is 24.3 Å². The number of aromatic hydroxyl groups is 2. The maximum Gasteiger partial charge on any atom is 0.200 e. The van der Waals surface area contributed by atoms with E-state index in [4.69, 9.17) is 11.5 Å². The second-order valence-corrected chi connectivity index (χ2v) is 4.88. The second-order valence-electron chi connectivity index (χ2n) is 4.88. The topological polar surface area (TPSA) is 127 Å². The SMILES string of the molecule is Nc1ccc(O)c2c1CC(=O)c1c(O)ccc(N)c1C2=O. The summed E-state index contributed by atoms with van der Waals surface area (Å²) in [6.45, 7) is 0. The molecule has 21 heavy (non-hydrogen) atoms. The van der Waals surface area contributed by atoms with Gasteiger partial charge in [-0.05, 0) is 29.8 Å². The molecule has 3 rings (SSSR count). The van der Waals surface area contributed by atoms with Crippen molar-refractivity contribution >= 4 is 22.9 Å². The van der Waals surface area contributed by atoms with Crippen molar-refractivity contribution in [1.82, 2.24) is 0 Å². The van der Waals surface area contributed by atoms with Crippen molar-refractivity contribution < 1.29 is 19.8 Å². The highest BCUT2D eigenvalue weighted by Gasteiger charge is 2.33. The van der Waals surface area contributed by atoms with Crippen LogP contribution in [-0.2, 0) is 6.42 Å². The average Bonchev–Trinajstić information content (AvgIpc) is 2.55. The second kappa shape index (κ2) is 4.24. The molecule has 0 aliphatic heterocycles. The van der Waals surface area contributed by atoms with Crippen LogP contribution in [0.2, 0.25) is 0 Å².